The predicted molar refractivity (Wildman–Crippen MR) is 130 cm³/mol. The van der Waals surface area contributed by atoms with E-state index in [4.69, 9.17) is 4.74 Å². The number of benzene rings is 3. The van der Waals surface area contributed by atoms with E-state index in [0.717, 1.165) is 40.1 Å². The monoisotopic (exact) mass is 491 g/mol. The number of nitrogens with one attached hydrogen (secondary N) is 2. The van der Waals surface area contributed by atoms with Gasteiger partial charge in [-0.2, -0.15) is 0 Å². The molecule has 3 aromatic carbocycles. The van der Waals surface area contributed by atoms with Crippen LogP contribution in [0.2, 0.25) is 0 Å². The number of halogens is 2. The van der Waals surface area contributed by atoms with E-state index in [1.54, 1.807) is 0 Å². The fourth-order valence-corrected chi connectivity index (χ4v) is 4.70. The van der Waals surface area contributed by atoms with Crippen LogP contribution in [-0.2, 0) is 6.42 Å². The first kappa shape index (κ1) is 22.2. The first-order valence-corrected chi connectivity index (χ1v) is 11.5. The van der Waals surface area contributed by atoms with Crippen molar-refractivity contribution in [3.8, 4) is 17.2 Å². The Bertz CT molecular complexity index is 1410. The molecule has 36 heavy (non-hydrogen) atoms. The van der Waals surface area contributed by atoms with Gasteiger partial charge in [-0.15, -0.1) is 8.78 Å². The number of carbonyl (C=O) groups is 1. The highest BCUT2D eigenvalue weighted by atomic mass is 19.3. The van der Waals surface area contributed by atoms with E-state index < -0.39 is 12.3 Å². The standard InChI is InChI=1S/C27H23F2N3O4/c1-26(2)14-18-12-17(8-10-21(18)34-26)24-20(16-6-4-3-5-7-16)15-32(31-24)25(33)30-19-9-11-22-23(13-19)36-27(28,29)35-22/h3-13,31H,14-15H2,1-2H3,(H,30,33). The summed E-state index contributed by atoms with van der Waals surface area (Å²) in [5.41, 5.74) is 8.07. The summed E-state index contributed by atoms with van der Waals surface area (Å²) >= 11 is 0. The lowest BCUT2D eigenvalue weighted by molar-refractivity contribution is -0.286. The summed E-state index contributed by atoms with van der Waals surface area (Å²) in [5.74, 6) is 0.641. The minimum Gasteiger partial charge on any atom is -0.487 e. The molecule has 0 fully saturated rings. The molecule has 2 amide bonds. The van der Waals surface area contributed by atoms with Crippen molar-refractivity contribution in [1.29, 1.82) is 0 Å². The Morgan fingerprint density at radius 2 is 1.67 bits per heavy atom. The molecule has 0 atom stereocenters. The Morgan fingerprint density at radius 3 is 2.47 bits per heavy atom. The van der Waals surface area contributed by atoms with Crippen molar-refractivity contribution in [2.24, 2.45) is 0 Å². The maximum Gasteiger partial charge on any atom is 0.586 e. The molecule has 3 aliphatic rings. The molecule has 2 N–H and O–H groups in total. The summed E-state index contributed by atoms with van der Waals surface area (Å²) in [5, 5.41) is 4.18. The Balaban J connectivity index is 1.26. The number of nitrogens with zero attached hydrogens (tertiary/aromatic N) is 1. The number of rotatable bonds is 3. The lowest BCUT2D eigenvalue weighted by atomic mass is 9.97. The van der Waals surface area contributed by atoms with Gasteiger partial charge in [0.2, 0.25) is 0 Å². The predicted octanol–water partition coefficient (Wildman–Crippen LogP) is 5.64. The summed E-state index contributed by atoms with van der Waals surface area (Å²) in [6.45, 7) is 4.41. The highest BCUT2D eigenvalue weighted by Gasteiger charge is 2.43. The molecule has 0 aliphatic carbocycles. The van der Waals surface area contributed by atoms with Crippen molar-refractivity contribution in [3.63, 3.8) is 0 Å². The topological polar surface area (TPSA) is 72.1 Å². The molecule has 3 aromatic rings. The van der Waals surface area contributed by atoms with Gasteiger partial charge in [-0.25, -0.2) is 9.80 Å². The van der Waals surface area contributed by atoms with Crippen LogP contribution < -0.4 is 25.0 Å². The summed E-state index contributed by atoms with van der Waals surface area (Å²) in [6.07, 6.45) is -2.93. The van der Waals surface area contributed by atoms with Gasteiger partial charge in [0.15, 0.2) is 11.5 Å². The van der Waals surface area contributed by atoms with Gasteiger partial charge in [0.05, 0.1) is 12.2 Å². The maximum atomic E-state index is 13.3. The van der Waals surface area contributed by atoms with E-state index in [0.29, 0.717) is 12.2 Å². The van der Waals surface area contributed by atoms with Crippen LogP contribution in [0.4, 0.5) is 19.3 Å². The number of hydrogen-bond acceptors (Lipinski definition) is 5. The Labute approximate surface area is 206 Å². The number of alkyl halides is 2. The molecule has 7 nitrogen and oxygen atoms in total. The average Bonchev–Trinajstić information content (AvgIpc) is 3.49. The third-order valence-electron chi connectivity index (χ3n) is 6.24. The SMILES string of the molecule is CC1(C)Cc2cc(C3=C(c4ccccc4)CN(C(=O)Nc4ccc5c(c4)OC(F)(F)O5)N3)ccc2O1. The number of hydrogen-bond donors (Lipinski definition) is 2. The first-order chi connectivity index (χ1) is 17.2. The van der Waals surface area contributed by atoms with Crippen molar-refractivity contribution in [1.82, 2.24) is 10.4 Å². The molecule has 0 unspecified atom stereocenters. The van der Waals surface area contributed by atoms with Gasteiger partial charge in [0.25, 0.3) is 0 Å². The van der Waals surface area contributed by atoms with Crippen molar-refractivity contribution in [3.05, 3.63) is 83.4 Å². The Hall–Kier alpha value is -4.27. The van der Waals surface area contributed by atoms with E-state index in [1.807, 2.05) is 42.5 Å². The number of urea groups is 1. The van der Waals surface area contributed by atoms with E-state index in [2.05, 4.69) is 40.1 Å². The first-order valence-electron chi connectivity index (χ1n) is 11.5. The maximum absolute atomic E-state index is 13.3. The second-order valence-electron chi connectivity index (χ2n) is 9.54. The molecule has 0 saturated heterocycles. The average molecular weight is 491 g/mol. The zero-order valence-corrected chi connectivity index (χ0v) is 19.6. The van der Waals surface area contributed by atoms with Crippen molar-refractivity contribution < 1.29 is 27.8 Å². The summed E-state index contributed by atoms with van der Waals surface area (Å²) in [6, 6.07) is 19.5. The zero-order chi connectivity index (χ0) is 25.1. The van der Waals surface area contributed by atoms with Crippen LogP contribution in [0, 0.1) is 0 Å². The molecular weight excluding hydrogens is 468 g/mol. The Kier molecular flexibility index (Phi) is 4.86. The third kappa shape index (κ3) is 4.06. The van der Waals surface area contributed by atoms with E-state index >= 15 is 0 Å². The van der Waals surface area contributed by atoms with Gasteiger partial charge in [0, 0.05) is 29.3 Å². The molecule has 0 aromatic heterocycles. The largest absolute Gasteiger partial charge is 0.586 e. The minimum absolute atomic E-state index is 0.0867. The number of fused-ring (bicyclic) bond motifs is 2. The van der Waals surface area contributed by atoms with Crippen LogP contribution >= 0.6 is 0 Å². The van der Waals surface area contributed by atoms with Gasteiger partial charge in [-0.1, -0.05) is 30.3 Å². The minimum atomic E-state index is -3.72. The highest BCUT2D eigenvalue weighted by molar-refractivity contribution is 5.98. The van der Waals surface area contributed by atoms with E-state index in [-0.39, 0.29) is 17.1 Å². The van der Waals surface area contributed by atoms with Gasteiger partial charge in [-0.05, 0) is 55.3 Å². The van der Waals surface area contributed by atoms with Gasteiger partial charge in [-0.3, -0.25) is 5.43 Å². The fourth-order valence-electron chi connectivity index (χ4n) is 4.70. The normalized spacial score (nSPS) is 18.5. The Morgan fingerprint density at radius 1 is 0.917 bits per heavy atom. The van der Waals surface area contributed by atoms with Crippen molar-refractivity contribution in [2.45, 2.75) is 32.2 Å². The number of anilines is 1. The van der Waals surface area contributed by atoms with Crippen molar-refractivity contribution in [2.75, 3.05) is 11.9 Å². The number of ether oxygens (including phenoxy) is 3. The van der Waals surface area contributed by atoms with Crippen LogP contribution in [-0.4, -0.2) is 29.5 Å². The molecule has 184 valence electrons. The smallest absolute Gasteiger partial charge is 0.487 e. The van der Waals surface area contributed by atoms with Gasteiger partial charge in [0.1, 0.15) is 11.4 Å². The fraction of sp³-hybridized carbons (Fsp3) is 0.222. The molecule has 0 bridgehead atoms. The lowest BCUT2D eigenvalue weighted by Crippen LogP contribution is -2.40. The molecular formula is C27H23F2N3O4. The second kappa shape index (κ2) is 7.87. The number of carbonyl (C=O) groups excluding carboxylic acids is 1. The van der Waals surface area contributed by atoms with Gasteiger partial charge < -0.3 is 19.5 Å². The summed E-state index contributed by atoms with van der Waals surface area (Å²) in [7, 11) is 0. The molecule has 9 heteroatoms. The summed E-state index contributed by atoms with van der Waals surface area (Å²) < 4.78 is 41.6. The van der Waals surface area contributed by atoms with Crippen LogP contribution in [0.1, 0.15) is 30.5 Å². The van der Waals surface area contributed by atoms with Crippen molar-refractivity contribution >= 4 is 23.0 Å². The molecule has 6 rings (SSSR count). The van der Waals surface area contributed by atoms with Crippen LogP contribution in [0.3, 0.4) is 0 Å². The van der Waals surface area contributed by atoms with Gasteiger partial charge >= 0.3 is 12.3 Å². The molecule has 0 spiro atoms. The van der Waals surface area contributed by atoms with Crippen LogP contribution in [0.15, 0.2) is 66.7 Å². The lowest BCUT2D eigenvalue weighted by Gasteiger charge is -2.19. The summed E-state index contributed by atoms with van der Waals surface area (Å²) in [4.78, 5) is 13.2. The molecule has 3 heterocycles. The van der Waals surface area contributed by atoms with Crippen LogP contribution in [0.25, 0.3) is 11.3 Å². The second-order valence-corrected chi connectivity index (χ2v) is 9.54. The number of amides is 2. The highest BCUT2D eigenvalue weighted by Crippen LogP contribution is 2.42. The quantitative estimate of drug-likeness (QED) is 0.496. The molecule has 0 saturated carbocycles. The molecule has 0 radical (unpaired) electrons. The van der Waals surface area contributed by atoms with E-state index in [1.165, 1.54) is 23.2 Å². The zero-order valence-electron chi connectivity index (χ0n) is 19.6. The molecule has 3 aliphatic heterocycles. The third-order valence-corrected chi connectivity index (χ3v) is 6.24. The number of hydrazine groups is 1. The van der Waals surface area contributed by atoms with E-state index in [9.17, 15) is 13.6 Å². The van der Waals surface area contributed by atoms with Crippen LogP contribution in [0.5, 0.6) is 17.2 Å².